The van der Waals surface area contributed by atoms with Gasteiger partial charge < -0.3 is 5.32 Å². The summed E-state index contributed by atoms with van der Waals surface area (Å²) < 4.78 is 0. The molecule has 0 aromatic heterocycles. The third kappa shape index (κ3) is 4.23. The van der Waals surface area contributed by atoms with Gasteiger partial charge in [0.05, 0.1) is 0 Å². The molecule has 2 aromatic rings. The van der Waals surface area contributed by atoms with Crippen molar-refractivity contribution in [3.05, 3.63) is 65.7 Å². The van der Waals surface area contributed by atoms with E-state index in [4.69, 9.17) is 0 Å². The third-order valence-electron chi connectivity index (χ3n) is 5.90. The molecular weight excluding hydrogens is 334 g/mol. The van der Waals surface area contributed by atoms with Crippen molar-refractivity contribution < 1.29 is 4.79 Å². The van der Waals surface area contributed by atoms with Crippen LogP contribution in [0.1, 0.15) is 36.4 Å². The summed E-state index contributed by atoms with van der Waals surface area (Å²) in [6, 6.07) is 18.6. The van der Waals surface area contributed by atoms with Crippen LogP contribution in [-0.4, -0.2) is 47.9 Å². The highest BCUT2D eigenvalue weighted by atomic mass is 16.2. The number of anilines is 1. The molecule has 2 aromatic carbocycles. The monoisotopic (exact) mass is 363 g/mol. The van der Waals surface area contributed by atoms with Gasteiger partial charge in [-0.15, -0.1) is 0 Å². The lowest BCUT2D eigenvalue weighted by Crippen LogP contribution is -2.39. The van der Waals surface area contributed by atoms with E-state index < -0.39 is 0 Å². The first-order valence-corrected chi connectivity index (χ1v) is 10.1. The molecule has 2 fully saturated rings. The van der Waals surface area contributed by atoms with Crippen LogP contribution in [0.4, 0.5) is 5.69 Å². The van der Waals surface area contributed by atoms with Crippen LogP contribution in [-0.2, 0) is 4.79 Å². The number of nitrogens with zero attached hydrogens (tertiary/aromatic N) is 2. The topological polar surface area (TPSA) is 35.6 Å². The number of carbonyl (C=O) groups is 1. The van der Waals surface area contributed by atoms with Crippen molar-refractivity contribution in [2.45, 2.75) is 38.3 Å². The first-order valence-electron chi connectivity index (χ1n) is 10.1. The van der Waals surface area contributed by atoms with Gasteiger partial charge in [0.25, 0.3) is 0 Å². The summed E-state index contributed by atoms with van der Waals surface area (Å²) in [5.74, 6) is 0.0622. The SMILES string of the molecule is Cc1ccc(NC(=O)C(c2ccccc2)N2CCC(N3CCCC3)C2)cc1. The molecule has 2 atom stereocenters. The largest absolute Gasteiger partial charge is 0.324 e. The van der Waals surface area contributed by atoms with Crippen molar-refractivity contribution in [2.24, 2.45) is 0 Å². The van der Waals surface area contributed by atoms with Gasteiger partial charge in [-0.3, -0.25) is 14.6 Å². The van der Waals surface area contributed by atoms with Gasteiger partial charge in [0.2, 0.25) is 5.91 Å². The van der Waals surface area contributed by atoms with Crippen LogP contribution in [0.5, 0.6) is 0 Å². The standard InChI is InChI=1S/C23H29N3O/c1-18-9-11-20(12-10-18)24-23(27)22(19-7-3-2-4-8-19)26-16-13-21(17-26)25-14-5-6-15-25/h2-4,7-12,21-22H,5-6,13-17H2,1H3,(H,24,27). The highest BCUT2D eigenvalue weighted by Crippen LogP contribution is 2.29. The molecule has 0 radical (unpaired) electrons. The Balaban J connectivity index is 1.52. The number of likely N-dealkylation sites (tertiary alicyclic amines) is 2. The lowest BCUT2D eigenvalue weighted by Gasteiger charge is -2.29. The second-order valence-corrected chi connectivity index (χ2v) is 7.85. The molecule has 0 spiro atoms. The lowest BCUT2D eigenvalue weighted by atomic mass is 10.0. The molecule has 0 aliphatic carbocycles. The van der Waals surface area contributed by atoms with Crippen molar-refractivity contribution in [2.75, 3.05) is 31.5 Å². The van der Waals surface area contributed by atoms with Gasteiger partial charge in [-0.05, 0) is 57.0 Å². The predicted octanol–water partition coefficient (Wildman–Crippen LogP) is 3.84. The Morgan fingerprint density at radius 3 is 2.41 bits per heavy atom. The first kappa shape index (κ1) is 18.2. The molecular formula is C23H29N3O. The van der Waals surface area contributed by atoms with Crippen LogP contribution in [0.3, 0.4) is 0 Å². The minimum absolute atomic E-state index is 0.0622. The Hall–Kier alpha value is -2.17. The fourth-order valence-corrected chi connectivity index (χ4v) is 4.42. The number of hydrogen-bond donors (Lipinski definition) is 1. The summed E-state index contributed by atoms with van der Waals surface area (Å²) in [6.45, 7) is 6.43. The van der Waals surface area contributed by atoms with Gasteiger partial charge >= 0.3 is 0 Å². The van der Waals surface area contributed by atoms with Crippen LogP contribution in [0.25, 0.3) is 0 Å². The number of carbonyl (C=O) groups excluding carboxylic acids is 1. The number of aryl methyl sites for hydroxylation is 1. The number of nitrogens with one attached hydrogen (secondary N) is 1. The Labute approximate surface area is 162 Å². The van der Waals surface area contributed by atoms with E-state index in [0.29, 0.717) is 6.04 Å². The second kappa shape index (κ2) is 8.24. The summed E-state index contributed by atoms with van der Waals surface area (Å²) in [5.41, 5.74) is 3.13. The van der Waals surface area contributed by atoms with E-state index in [1.54, 1.807) is 0 Å². The maximum Gasteiger partial charge on any atom is 0.246 e. The molecule has 2 unspecified atom stereocenters. The molecule has 4 nitrogen and oxygen atoms in total. The summed E-state index contributed by atoms with van der Waals surface area (Å²) in [7, 11) is 0. The zero-order valence-corrected chi connectivity index (χ0v) is 16.1. The Morgan fingerprint density at radius 2 is 1.70 bits per heavy atom. The van der Waals surface area contributed by atoms with E-state index in [1.165, 1.54) is 31.5 Å². The molecule has 27 heavy (non-hydrogen) atoms. The van der Waals surface area contributed by atoms with E-state index in [1.807, 2.05) is 42.5 Å². The lowest BCUT2D eigenvalue weighted by molar-refractivity contribution is -0.121. The minimum atomic E-state index is -0.236. The molecule has 4 rings (SSSR count). The fraction of sp³-hybridized carbons (Fsp3) is 0.435. The highest BCUT2D eigenvalue weighted by Gasteiger charge is 2.36. The second-order valence-electron chi connectivity index (χ2n) is 7.85. The van der Waals surface area contributed by atoms with Gasteiger partial charge in [-0.1, -0.05) is 48.0 Å². The fourth-order valence-electron chi connectivity index (χ4n) is 4.42. The average molecular weight is 364 g/mol. The highest BCUT2D eigenvalue weighted by molar-refractivity contribution is 5.95. The summed E-state index contributed by atoms with van der Waals surface area (Å²) >= 11 is 0. The minimum Gasteiger partial charge on any atom is -0.324 e. The Morgan fingerprint density at radius 1 is 1.00 bits per heavy atom. The molecule has 0 bridgehead atoms. The molecule has 2 saturated heterocycles. The normalized spacial score (nSPS) is 22.0. The van der Waals surface area contributed by atoms with E-state index in [0.717, 1.165) is 30.8 Å². The molecule has 2 aliphatic rings. The van der Waals surface area contributed by atoms with Crippen LogP contribution < -0.4 is 5.32 Å². The van der Waals surface area contributed by atoms with Gasteiger partial charge in [-0.25, -0.2) is 0 Å². The molecule has 0 saturated carbocycles. The molecule has 2 heterocycles. The maximum absolute atomic E-state index is 13.2. The summed E-state index contributed by atoms with van der Waals surface area (Å²) in [4.78, 5) is 18.2. The smallest absolute Gasteiger partial charge is 0.246 e. The molecule has 4 heteroatoms. The van der Waals surface area contributed by atoms with E-state index in [9.17, 15) is 4.79 Å². The third-order valence-corrected chi connectivity index (χ3v) is 5.90. The number of rotatable bonds is 5. The molecule has 2 aliphatic heterocycles. The molecule has 142 valence electrons. The van der Waals surface area contributed by atoms with Crippen LogP contribution in [0.15, 0.2) is 54.6 Å². The van der Waals surface area contributed by atoms with Crippen LogP contribution in [0.2, 0.25) is 0 Å². The van der Waals surface area contributed by atoms with E-state index in [-0.39, 0.29) is 11.9 Å². The zero-order valence-electron chi connectivity index (χ0n) is 16.1. The quantitative estimate of drug-likeness (QED) is 0.877. The van der Waals surface area contributed by atoms with Crippen molar-refractivity contribution >= 4 is 11.6 Å². The Kier molecular flexibility index (Phi) is 5.55. The number of amides is 1. The predicted molar refractivity (Wildman–Crippen MR) is 110 cm³/mol. The van der Waals surface area contributed by atoms with Gasteiger partial charge in [0, 0.05) is 24.8 Å². The Bertz CT molecular complexity index is 753. The van der Waals surface area contributed by atoms with Crippen molar-refractivity contribution in [1.29, 1.82) is 0 Å². The van der Waals surface area contributed by atoms with Crippen molar-refractivity contribution in [3.63, 3.8) is 0 Å². The average Bonchev–Trinajstić information content (AvgIpc) is 3.36. The van der Waals surface area contributed by atoms with Crippen molar-refractivity contribution in [1.82, 2.24) is 9.80 Å². The summed E-state index contributed by atoms with van der Waals surface area (Å²) in [6.07, 6.45) is 3.78. The summed E-state index contributed by atoms with van der Waals surface area (Å²) in [5, 5.41) is 3.13. The van der Waals surface area contributed by atoms with Crippen LogP contribution >= 0.6 is 0 Å². The van der Waals surface area contributed by atoms with Gasteiger partial charge in [0.15, 0.2) is 0 Å². The molecule has 1 amide bonds. The zero-order chi connectivity index (χ0) is 18.6. The van der Waals surface area contributed by atoms with Gasteiger partial charge in [-0.2, -0.15) is 0 Å². The van der Waals surface area contributed by atoms with Crippen molar-refractivity contribution in [3.8, 4) is 0 Å². The number of hydrogen-bond acceptors (Lipinski definition) is 3. The van der Waals surface area contributed by atoms with E-state index in [2.05, 4.69) is 34.2 Å². The number of benzene rings is 2. The first-order chi connectivity index (χ1) is 13.2. The van der Waals surface area contributed by atoms with E-state index >= 15 is 0 Å². The molecule has 1 N–H and O–H groups in total. The van der Waals surface area contributed by atoms with Crippen LogP contribution in [0, 0.1) is 6.92 Å². The van der Waals surface area contributed by atoms with Gasteiger partial charge in [0.1, 0.15) is 6.04 Å². The maximum atomic E-state index is 13.2.